The van der Waals surface area contributed by atoms with Crippen molar-refractivity contribution in [2.24, 2.45) is 0 Å². The maximum Gasteiger partial charge on any atom is 0.134 e. The van der Waals surface area contributed by atoms with Crippen LogP contribution in [0.25, 0.3) is 0 Å². The van der Waals surface area contributed by atoms with Crippen LogP contribution in [0, 0.1) is 6.92 Å². The second-order valence-corrected chi connectivity index (χ2v) is 4.05. The van der Waals surface area contributed by atoms with Crippen molar-refractivity contribution < 1.29 is 4.79 Å². The standard InChI is InChI=1S/C12H17NO/c1-8(2)12-7-13-6-11(10(12)4)5-9(3)14/h6-8H,5H2,1-4H3. The van der Waals surface area contributed by atoms with Crippen molar-refractivity contribution in [1.29, 1.82) is 0 Å². The summed E-state index contributed by atoms with van der Waals surface area (Å²) in [7, 11) is 0. The third kappa shape index (κ3) is 2.41. The molecule has 76 valence electrons. The molecule has 0 aliphatic heterocycles. The van der Waals surface area contributed by atoms with E-state index < -0.39 is 0 Å². The van der Waals surface area contributed by atoms with E-state index in [4.69, 9.17) is 0 Å². The highest BCUT2D eigenvalue weighted by atomic mass is 16.1. The molecule has 1 heterocycles. The SMILES string of the molecule is CC(=O)Cc1cncc(C(C)C)c1C. The second kappa shape index (κ2) is 4.36. The van der Waals surface area contributed by atoms with Crippen LogP contribution < -0.4 is 0 Å². The molecule has 0 saturated heterocycles. The van der Waals surface area contributed by atoms with Gasteiger partial charge in [0.25, 0.3) is 0 Å². The molecule has 0 radical (unpaired) electrons. The number of ketones is 1. The average molecular weight is 191 g/mol. The zero-order valence-electron chi connectivity index (χ0n) is 9.29. The molecule has 0 aromatic carbocycles. The molecular formula is C12H17NO. The average Bonchev–Trinajstić information content (AvgIpc) is 2.07. The summed E-state index contributed by atoms with van der Waals surface area (Å²) in [6.45, 7) is 7.96. The van der Waals surface area contributed by atoms with Gasteiger partial charge in [0.1, 0.15) is 5.78 Å². The molecule has 1 aromatic rings. The highest BCUT2D eigenvalue weighted by molar-refractivity contribution is 5.78. The topological polar surface area (TPSA) is 30.0 Å². The van der Waals surface area contributed by atoms with Crippen LogP contribution in [0.1, 0.15) is 43.4 Å². The normalized spacial score (nSPS) is 10.6. The molecule has 2 nitrogen and oxygen atoms in total. The van der Waals surface area contributed by atoms with Gasteiger partial charge in [0.05, 0.1) is 0 Å². The molecule has 0 aliphatic carbocycles. The number of carbonyl (C=O) groups is 1. The molecule has 0 amide bonds. The summed E-state index contributed by atoms with van der Waals surface area (Å²) in [4.78, 5) is 15.2. The minimum atomic E-state index is 0.191. The van der Waals surface area contributed by atoms with Crippen molar-refractivity contribution >= 4 is 5.78 Å². The Balaban J connectivity index is 3.07. The summed E-state index contributed by atoms with van der Waals surface area (Å²) >= 11 is 0. The number of hydrogen-bond donors (Lipinski definition) is 0. The molecule has 0 saturated carbocycles. The quantitative estimate of drug-likeness (QED) is 0.735. The molecule has 1 aromatic heterocycles. The van der Waals surface area contributed by atoms with E-state index in [1.165, 1.54) is 11.1 Å². The van der Waals surface area contributed by atoms with Crippen molar-refractivity contribution in [2.45, 2.75) is 40.0 Å². The fourth-order valence-corrected chi connectivity index (χ4v) is 1.62. The van der Waals surface area contributed by atoms with Gasteiger partial charge in [-0.3, -0.25) is 9.78 Å². The predicted molar refractivity (Wildman–Crippen MR) is 57.4 cm³/mol. The van der Waals surface area contributed by atoms with Gasteiger partial charge in [0.15, 0.2) is 0 Å². The van der Waals surface area contributed by atoms with Crippen LogP contribution in [0.15, 0.2) is 12.4 Å². The zero-order valence-corrected chi connectivity index (χ0v) is 9.29. The van der Waals surface area contributed by atoms with E-state index in [1.807, 2.05) is 6.20 Å². The van der Waals surface area contributed by atoms with Crippen LogP contribution in [0.3, 0.4) is 0 Å². The van der Waals surface area contributed by atoms with Crippen LogP contribution in [-0.2, 0) is 11.2 Å². The lowest BCUT2D eigenvalue weighted by molar-refractivity contribution is -0.116. The first-order valence-corrected chi connectivity index (χ1v) is 4.95. The summed E-state index contributed by atoms with van der Waals surface area (Å²) < 4.78 is 0. The Morgan fingerprint density at radius 2 is 2.07 bits per heavy atom. The van der Waals surface area contributed by atoms with Crippen molar-refractivity contribution in [3.05, 3.63) is 29.1 Å². The van der Waals surface area contributed by atoms with Gasteiger partial charge in [-0.2, -0.15) is 0 Å². The molecule has 0 aliphatic rings. The summed E-state index contributed by atoms with van der Waals surface area (Å²) in [6, 6.07) is 0. The second-order valence-electron chi connectivity index (χ2n) is 4.05. The fraction of sp³-hybridized carbons (Fsp3) is 0.500. The Hall–Kier alpha value is -1.18. The van der Waals surface area contributed by atoms with E-state index >= 15 is 0 Å². The van der Waals surface area contributed by atoms with Gasteiger partial charge in [-0.15, -0.1) is 0 Å². The number of Topliss-reactive ketones (excluding diaryl/α,β-unsaturated/α-hetero) is 1. The van der Waals surface area contributed by atoms with E-state index in [-0.39, 0.29) is 5.78 Å². The molecule has 0 spiro atoms. The van der Waals surface area contributed by atoms with Crippen molar-refractivity contribution in [3.8, 4) is 0 Å². The summed E-state index contributed by atoms with van der Waals surface area (Å²) in [5.41, 5.74) is 3.51. The maximum atomic E-state index is 11.0. The Labute approximate surface area is 85.4 Å². The molecule has 0 atom stereocenters. The zero-order chi connectivity index (χ0) is 10.7. The molecule has 14 heavy (non-hydrogen) atoms. The molecule has 1 rings (SSSR count). The van der Waals surface area contributed by atoms with Gasteiger partial charge in [-0.1, -0.05) is 13.8 Å². The predicted octanol–water partition coefficient (Wildman–Crippen LogP) is 2.64. The highest BCUT2D eigenvalue weighted by Gasteiger charge is 2.08. The van der Waals surface area contributed by atoms with Crippen molar-refractivity contribution in [1.82, 2.24) is 4.98 Å². The van der Waals surface area contributed by atoms with E-state index in [0.717, 1.165) is 5.56 Å². The minimum absolute atomic E-state index is 0.191. The first-order valence-electron chi connectivity index (χ1n) is 4.95. The Kier molecular flexibility index (Phi) is 3.39. The Morgan fingerprint density at radius 1 is 1.43 bits per heavy atom. The van der Waals surface area contributed by atoms with Gasteiger partial charge in [-0.25, -0.2) is 0 Å². The van der Waals surface area contributed by atoms with Crippen LogP contribution in [0.4, 0.5) is 0 Å². The van der Waals surface area contributed by atoms with Crippen molar-refractivity contribution in [3.63, 3.8) is 0 Å². The van der Waals surface area contributed by atoms with Gasteiger partial charge < -0.3 is 0 Å². The molecule has 0 unspecified atom stereocenters. The van der Waals surface area contributed by atoms with Crippen LogP contribution >= 0.6 is 0 Å². The molecule has 0 N–H and O–H groups in total. The lowest BCUT2D eigenvalue weighted by atomic mass is 9.95. The number of rotatable bonds is 3. The van der Waals surface area contributed by atoms with Crippen LogP contribution in [0.2, 0.25) is 0 Å². The van der Waals surface area contributed by atoms with Gasteiger partial charge in [0.2, 0.25) is 0 Å². The first-order chi connectivity index (χ1) is 6.52. The number of hydrogen-bond acceptors (Lipinski definition) is 2. The molecule has 0 fully saturated rings. The van der Waals surface area contributed by atoms with Crippen LogP contribution in [-0.4, -0.2) is 10.8 Å². The summed E-state index contributed by atoms with van der Waals surface area (Å²) in [5.74, 6) is 0.658. The maximum absolute atomic E-state index is 11.0. The number of nitrogens with zero attached hydrogens (tertiary/aromatic N) is 1. The van der Waals surface area contributed by atoms with Gasteiger partial charge in [0, 0.05) is 18.8 Å². The molecular weight excluding hydrogens is 174 g/mol. The third-order valence-electron chi connectivity index (χ3n) is 2.42. The monoisotopic (exact) mass is 191 g/mol. The van der Waals surface area contributed by atoms with Crippen LogP contribution in [0.5, 0.6) is 0 Å². The smallest absolute Gasteiger partial charge is 0.134 e. The van der Waals surface area contributed by atoms with Gasteiger partial charge >= 0.3 is 0 Å². The fourth-order valence-electron chi connectivity index (χ4n) is 1.62. The van der Waals surface area contributed by atoms with E-state index in [9.17, 15) is 4.79 Å². The summed E-state index contributed by atoms with van der Waals surface area (Å²) in [5, 5.41) is 0. The summed E-state index contributed by atoms with van der Waals surface area (Å²) in [6.07, 6.45) is 4.19. The highest BCUT2D eigenvalue weighted by Crippen LogP contribution is 2.20. The third-order valence-corrected chi connectivity index (χ3v) is 2.42. The lowest BCUT2D eigenvalue weighted by Gasteiger charge is -2.12. The Bertz CT molecular complexity index is 342. The van der Waals surface area contributed by atoms with E-state index in [0.29, 0.717) is 12.3 Å². The number of aromatic nitrogens is 1. The van der Waals surface area contributed by atoms with Crippen molar-refractivity contribution in [2.75, 3.05) is 0 Å². The lowest BCUT2D eigenvalue weighted by Crippen LogP contribution is -2.03. The Morgan fingerprint density at radius 3 is 2.57 bits per heavy atom. The first kappa shape index (κ1) is 10.9. The molecule has 0 bridgehead atoms. The van der Waals surface area contributed by atoms with E-state index in [1.54, 1.807) is 13.1 Å². The number of carbonyl (C=O) groups excluding carboxylic acids is 1. The van der Waals surface area contributed by atoms with Gasteiger partial charge in [-0.05, 0) is 36.5 Å². The largest absolute Gasteiger partial charge is 0.300 e. The minimum Gasteiger partial charge on any atom is -0.300 e. The van der Waals surface area contributed by atoms with E-state index in [2.05, 4.69) is 25.8 Å². The molecule has 2 heteroatoms. The number of pyridine rings is 1.